The second-order valence-corrected chi connectivity index (χ2v) is 9.42. The lowest BCUT2D eigenvalue weighted by Gasteiger charge is -2.20. The number of nitrogens with zero attached hydrogens (tertiary/aromatic N) is 1. The summed E-state index contributed by atoms with van der Waals surface area (Å²) in [6.45, 7) is 5.40. The Bertz CT molecular complexity index is 968. The van der Waals surface area contributed by atoms with Crippen LogP contribution < -0.4 is 5.32 Å². The van der Waals surface area contributed by atoms with Crippen LogP contribution in [0.25, 0.3) is 0 Å². The van der Waals surface area contributed by atoms with E-state index in [1.54, 1.807) is 39.0 Å². The number of ether oxygens (including phenoxy) is 1. The molecular formula is C18H21ClN2O5S2. The number of anilines is 1. The van der Waals surface area contributed by atoms with Gasteiger partial charge in [0.05, 0.1) is 9.23 Å². The van der Waals surface area contributed by atoms with Gasteiger partial charge in [0.2, 0.25) is 10.0 Å². The standard InChI is InChI=1S/C18H21ClN2O5S2/c1-4-21(5-2)28(24,25)15-10-13(7-6-12(15)3)20-17(22)11-26-18(23)14-8-9-16(19)27-14/h6-10H,4-5,11H2,1-3H3,(H,20,22). The minimum absolute atomic E-state index is 0.124. The number of nitrogens with one attached hydrogen (secondary N) is 1. The number of hydrogen-bond donors (Lipinski definition) is 1. The molecule has 0 atom stereocenters. The first kappa shape index (κ1) is 22.4. The van der Waals surface area contributed by atoms with Gasteiger partial charge in [-0.25, -0.2) is 13.2 Å². The third kappa shape index (κ3) is 5.32. The average molecular weight is 445 g/mol. The number of amides is 1. The normalized spacial score (nSPS) is 11.5. The highest BCUT2D eigenvalue weighted by Gasteiger charge is 2.24. The molecule has 0 unspecified atom stereocenters. The molecule has 0 aliphatic heterocycles. The monoisotopic (exact) mass is 444 g/mol. The third-order valence-corrected chi connectivity index (χ3v) is 7.31. The number of halogens is 1. The van der Waals surface area contributed by atoms with Crippen molar-refractivity contribution >= 4 is 50.5 Å². The van der Waals surface area contributed by atoms with Crippen LogP contribution in [0.2, 0.25) is 4.34 Å². The highest BCUT2D eigenvalue weighted by Crippen LogP contribution is 2.24. The molecule has 0 fully saturated rings. The molecular weight excluding hydrogens is 424 g/mol. The Morgan fingerprint density at radius 2 is 1.86 bits per heavy atom. The quantitative estimate of drug-likeness (QED) is 0.628. The molecule has 152 valence electrons. The van der Waals surface area contributed by atoms with Gasteiger partial charge in [-0.1, -0.05) is 31.5 Å². The third-order valence-electron chi connectivity index (χ3n) is 3.90. The fraction of sp³-hybridized carbons (Fsp3) is 0.333. The minimum atomic E-state index is -3.66. The van der Waals surface area contributed by atoms with Gasteiger partial charge in [-0.2, -0.15) is 4.31 Å². The van der Waals surface area contributed by atoms with E-state index in [0.29, 0.717) is 33.6 Å². The fourth-order valence-electron chi connectivity index (χ4n) is 2.48. The van der Waals surface area contributed by atoms with Crippen molar-refractivity contribution in [2.24, 2.45) is 0 Å². The molecule has 2 aromatic rings. The second kappa shape index (κ2) is 9.51. The molecule has 1 heterocycles. The van der Waals surface area contributed by atoms with Gasteiger partial charge in [-0.05, 0) is 36.8 Å². The van der Waals surface area contributed by atoms with Crippen LogP contribution in [0, 0.1) is 6.92 Å². The van der Waals surface area contributed by atoms with Gasteiger partial charge in [0, 0.05) is 18.8 Å². The topological polar surface area (TPSA) is 92.8 Å². The van der Waals surface area contributed by atoms with Crippen molar-refractivity contribution in [2.45, 2.75) is 25.7 Å². The van der Waals surface area contributed by atoms with Gasteiger partial charge in [0.1, 0.15) is 4.88 Å². The maximum atomic E-state index is 12.8. The zero-order valence-electron chi connectivity index (χ0n) is 15.7. The predicted molar refractivity (Wildman–Crippen MR) is 110 cm³/mol. The fourth-order valence-corrected chi connectivity index (χ4v) is 5.13. The number of carbonyl (C=O) groups is 2. The maximum absolute atomic E-state index is 12.8. The van der Waals surface area contributed by atoms with Crippen molar-refractivity contribution in [2.75, 3.05) is 25.0 Å². The molecule has 0 aliphatic carbocycles. The van der Waals surface area contributed by atoms with Crippen molar-refractivity contribution in [3.05, 3.63) is 45.1 Å². The van der Waals surface area contributed by atoms with Crippen LogP contribution in [-0.4, -0.2) is 44.3 Å². The molecule has 0 bridgehead atoms. The number of hydrogen-bond acceptors (Lipinski definition) is 6. The molecule has 2 rings (SSSR count). The Balaban J connectivity index is 2.08. The molecule has 0 radical (unpaired) electrons. The number of carbonyl (C=O) groups excluding carboxylic acids is 2. The van der Waals surface area contributed by atoms with E-state index >= 15 is 0 Å². The second-order valence-electron chi connectivity index (χ2n) is 5.80. The van der Waals surface area contributed by atoms with Crippen molar-refractivity contribution in [1.82, 2.24) is 4.31 Å². The lowest BCUT2D eigenvalue weighted by atomic mass is 10.2. The van der Waals surface area contributed by atoms with Crippen LogP contribution in [0.4, 0.5) is 5.69 Å². The van der Waals surface area contributed by atoms with Crippen LogP contribution in [0.15, 0.2) is 35.2 Å². The molecule has 0 saturated heterocycles. The van der Waals surface area contributed by atoms with Gasteiger partial charge < -0.3 is 10.1 Å². The van der Waals surface area contributed by atoms with Crippen molar-refractivity contribution in [3.63, 3.8) is 0 Å². The summed E-state index contributed by atoms with van der Waals surface area (Å²) in [7, 11) is -3.66. The van der Waals surface area contributed by atoms with Gasteiger partial charge in [-0.3, -0.25) is 4.79 Å². The minimum Gasteiger partial charge on any atom is -0.451 e. The van der Waals surface area contributed by atoms with Crippen molar-refractivity contribution in [1.29, 1.82) is 0 Å². The summed E-state index contributed by atoms with van der Waals surface area (Å²) in [5.41, 5.74) is 0.877. The van der Waals surface area contributed by atoms with E-state index in [9.17, 15) is 18.0 Å². The van der Waals surface area contributed by atoms with Crippen LogP contribution in [0.5, 0.6) is 0 Å². The lowest BCUT2D eigenvalue weighted by molar-refractivity contribution is -0.119. The Kier molecular flexibility index (Phi) is 7.59. The van der Waals surface area contributed by atoms with Gasteiger partial charge in [-0.15, -0.1) is 11.3 Å². The molecule has 1 aromatic carbocycles. The highest BCUT2D eigenvalue weighted by molar-refractivity contribution is 7.89. The average Bonchev–Trinajstić information content (AvgIpc) is 3.08. The summed E-state index contributed by atoms with van der Waals surface area (Å²) >= 11 is 6.81. The molecule has 7 nitrogen and oxygen atoms in total. The lowest BCUT2D eigenvalue weighted by Crippen LogP contribution is -2.31. The maximum Gasteiger partial charge on any atom is 0.348 e. The Hall–Kier alpha value is -1.94. The number of sulfonamides is 1. The summed E-state index contributed by atoms with van der Waals surface area (Å²) in [4.78, 5) is 24.3. The van der Waals surface area contributed by atoms with Crippen LogP contribution >= 0.6 is 22.9 Å². The van der Waals surface area contributed by atoms with Gasteiger partial charge >= 0.3 is 5.97 Å². The highest BCUT2D eigenvalue weighted by atomic mass is 35.5. The predicted octanol–water partition coefficient (Wildman–Crippen LogP) is 3.54. The molecule has 1 N–H and O–H groups in total. The molecule has 0 spiro atoms. The van der Waals surface area contributed by atoms with E-state index in [0.717, 1.165) is 11.3 Å². The first-order chi connectivity index (χ1) is 13.2. The Morgan fingerprint density at radius 1 is 1.18 bits per heavy atom. The number of aryl methyl sites for hydroxylation is 1. The first-order valence-electron chi connectivity index (χ1n) is 8.52. The number of thiophene rings is 1. The molecule has 1 amide bonds. The Labute approximate surface area is 173 Å². The van der Waals surface area contributed by atoms with Crippen LogP contribution in [0.3, 0.4) is 0 Å². The number of rotatable bonds is 8. The molecule has 0 aliphatic rings. The SMILES string of the molecule is CCN(CC)S(=O)(=O)c1cc(NC(=O)COC(=O)c2ccc(Cl)s2)ccc1C. The smallest absolute Gasteiger partial charge is 0.348 e. The summed E-state index contributed by atoms with van der Waals surface area (Å²) in [6, 6.07) is 7.69. The molecule has 1 aromatic heterocycles. The van der Waals surface area contributed by atoms with Crippen LogP contribution in [-0.2, 0) is 19.6 Å². The number of esters is 1. The molecule has 10 heteroatoms. The summed E-state index contributed by atoms with van der Waals surface area (Å²) in [5.74, 6) is -1.23. The van der Waals surface area contributed by atoms with Gasteiger partial charge in [0.15, 0.2) is 6.61 Å². The summed E-state index contributed by atoms with van der Waals surface area (Å²) in [5, 5.41) is 2.55. The summed E-state index contributed by atoms with van der Waals surface area (Å²) < 4.78 is 32.3. The van der Waals surface area contributed by atoms with E-state index < -0.39 is 28.5 Å². The zero-order valence-corrected chi connectivity index (χ0v) is 18.1. The number of benzene rings is 1. The van der Waals surface area contributed by atoms with E-state index in [-0.39, 0.29) is 4.90 Å². The Morgan fingerprint density at radius 3 is 2.43 bits per heavy atom. The summed E-state index contributed by atoms with van der Waals surface area (Å²) in [6.07, 6.45) is 0. The largest absolute Gasteiger partial charge is 0.451 e. The van der Waals surface area contributed by atoms with E-state index in [1.807, 2.05) is 0 Å². The van der Waals surface area contributed by atoms with Crippen molar-refractivity contribution in [3.8, 4) is 0 Å². The van der Waals surface area contributed by atoms with Crippen molar-refractivity contribution < 1.29 is 22.7 Å². The van der Waals surface area contributed by atoms with E-state index in [1.165, 1.54) is 16.4 Å². The molecule has 0 saturated carbocycles. The first-order valence-corrected chi connectivity index (χ1v) is 11.2. The van der Waals surface area contributed by atoms with Gasteiger partial charge in [0.25, 0.3) is 5.91 Å². The van der Waals surface area contributed by atoms with E-state index in [4.69, 9.17) is 16.3 Å². The molecule has 28 heavy (non-hydrogen) atoms. The van der Waals surface area contributed by atoms with E-state index in [2.05, 4.69) is 5.32 Å². The van der Waals surface area contributed by atoms with Crippen LogP contribution in [0.1, 0.15) is 29.1 Å². The zero-order chi connectivity index (χ0) is 20.9.